The SMILES string of the molecule is B1c2cccc3c2C2C(c4ccc5ccccc5c4-3)C2c2c1c(-c1cccc3c1Nc1ccccc1S3)cc1sc3ccccc3c21. The Balaban J connectivity index is 1.18. The maximum absolute atomic E-state index is 3.89. The van der Waals surface area contributed by atoms with Crippen LogP contribution in [0.15, 0.2) is 137 Å². The van der Waals surface area contributed by atoms with Gasteiger partial charge in [-0.3, -0.25) is 0 Å². The van der Waals surface area contributed by atoms with E-state index in [9.17, 15) is 0 Å². The van der Waals surface area contributed by atoms with Gasteiger partial charge in [-0.2, -0.15) is 0 Å². The topological polar surface area (TPSA) is 12.0 Å². The summed E-state index contributed by atoms with van der Waals surface area (Å²) in [5.41, 5.74) is 15.9. The standard InChI is InChI=1S/C43H26BNS2/c1-2-10-23-22(9-1)19-20-27-35(23)26-13-7-14-29-36(26)39-38(27)40(39)41-37-25-11-3-5-16-31(25)46-34(37)21-28(42(41)44-29)24-12-8-18-33-43(24)45-30-15-4-6-17-32(30)47-33/h1-21,38-40,44-45H. The Labute approximate surface area is 281 Å². The van der Waals surface area contributed by atoms with Gasteiger partial charge in [0.15, 0.2) is 7.28 Å². The number of nitrogens with one attached hydrogen (secondary N) is 1. The Hall–Kier alpha value is -4.77. The van der Waals surface area contributed by atoms with Crippen molar-refractivity contribution in [2.24, 2.45) is 0 Å². The highest BCUT2D eigenvalue weighted by molar-refractivity contribution is 7.99. The predicted molar refractivity (Wildman–Crippen MR) is 203 cm³/mol. The first-order chi connectivity index (χ1) is 23.3. The molecular weight excluding hydrogens is 605 g/mol. The highest BCUT2D eigenvalue weighted by Gasteiger charge is 2.59. The molecule has 0 spiro atoms. The van der Waals surface area contributed by atoms with E-state index in [1.165, 1.54) is 85.3 Å². The van der Waals surface area contributed by atoms with Gasteiger partial charge in [-0.15, -0.1) is 11.3 Å². The average molecular weight is 632 g/mol. The molecule has 3 unspecified atom stereocenters. The first-order valence-corrected chi connectivity index (χ1v) is 18.2. The highest BCUT2D eigenvalue weighted by Crippen LogP contribution is 2.72. The van der Waals surface area contributed by atoms with E-state index in [0.29, 0.717) is 17.8 Å². The van der Waals surface area contributed by atoms with Crippen LogP contribution in [0.5, 0.6) is 0 Å². The van der Waals surface area contributed by atoms with E-state index in [4.69, 9.17) is 0 Å². The van der Waals surface area contributed by atoms with Crippen molar-refractivity contribution in [3.05, 3.63) is 144 Å². The third kappa shape index (κ3) is 3.27. The van der Waals surface area contributed by atoms with Gasteiger partial charge in [-0.05, 0) is 92.2 Å². The lowest BCUT2D eigenvalue weighted by atomic mass is 9.57. The minimum atomic E-state index is 0.470. The summed E-state index contributed by atoms with van der Waals surface area (Å²) in [7, 11) is 0.959. The molecule has 0 radical (unpaired) electrons. The van der Waals surface area contributed by atoms with Crippen LogP contribution in [0.4, 0.5) is 11.4 Å². The molecule has 0 saturated heterocycles. The van der Waals surface area contributed by atoms with Gasteiger partial charge in [0.2, 0.25) is 0 Å². The van der Waals surface area contributed by atoms with Gasteiger partial charge >= 0.3 is 0 Å². The molecule has 218 valence electrons. The van der Waals surface area contributed by atoms with Crippen LogP contribution in [0.25, 0.3) is 53.2 Å². The summed E-state index contributed by atoms with van der Waals surface area (Å²) in [6, 6.07) is 48.2. The quantitative estimate of drug-likeness (QED) is 0.181. The summed E-state index contributed by atoms with van der Waals surface area (Å²) in [6.07, 6.45) is 0. The van der Waals surface area contributed by atoms with Gasteiger partial charge in [0.05, 0.1) is 11.4 Å². The van der Waals surface area contributed by atoms with E-state index in [0.717, 1.165) is 7.28 Å². The van der Waals surface area contributed by atoms with Gasteiger partial charge in [0.25, 0.3) is 0 Å². The normalized spacial score (nSPS) is 19.1. The molecule has 1 N–H and O–H groups in total. The Bertz CT molecular complexity index is 2700. The summed E-state index contributed by atoms with van der Waals surface area (Å²) in [6.45, 7) is 0. The molecule has 2 aliphatic heterocycles. The Morgan fingerprint density at radius 2 is 1.36 bits per heavy atom. The molecule has 8 aromatic rings. The second-order valence-corrected chi connectivity index (χ2v) is 15.7. The van der Waals surface area contributed by atoms with Crippen molar-refractivity contribution in [3.63, 3.8) is 0 Å². The van der Waals surface area contributed by atoms with Crippen LogP contribution in [0.2, 0.25) is 0 Å². The third-order valence-corrected chi connectivity index (χ3v) is 13.6. The smallest absolute Gasteiger partial charge is 0.193 e. The maximum Gasteiger partial charge on any atom is 0.193 e. The number of anilines is 2. The lowest BCUT2D eigenvalue weighted by molar-refractivity contribution is 1.02. The molecule has 0 bridgehead atoms. The Morgan fingerprint density at radius 1 is 0.574 bits per heavy atom. The van der Waals surface area contributed by atoms with Crippen molar-refractivity contribution >= 4 is 83.6 Å². The van der Waals surface area contributed by atoms with Crippen LogP contribution < -0.4 is 16.2 Å². The van der Waals surface area contributed by atoms with Crippen LogP contribution in [0.1, 0.15) is 34.4 Å². The Morgan fingerprint density at radius 3 is 2.34 bits per heavy atom. The maximum atomic E-state index is 3.89. The molecule has 7 aromatic carbocycles. The van der Waals surface area contributed by atoms with Gasteiger partial charge in [-0.1, -0.05) is 120 Å². The first kappa shape index (κ1) is 25.3. The average Bonchev–Trinajstić information content (AvgIpc) is 3.78. The van der Waals surface area contributed by atoms with Gasteiger partial charge in [0.1, 0.15) is 0 Å². The summed E-state index contributed by atoms with van der Waals surface area (Å²) in [5.74, 6) is 1.50. The van der Waals surface area contributed by atoms with E-state index in [-0.39, 0.29) is 0 Å². The lowest BCUT2D eigenvalue weighted by Crippen LogP contribution is -2.33. The van der Waals surface area contributed by atoms with E-state index in [1.54, 1.807) is 16.7 Å². The largest absolute Gasteiger partial charge is 0.353 e. The van der Waals surface area contributed by atoms with Gasteiger partial charge in [-0.25, -0.2) is 0 Å². The van der Waals surface area contributed by atoms with Crippen LogP contribution in [0, 0.1) is 0 Å². The van der Waals surface area contributed by atoms with Crippen molar-refractivity contribution in [1.29, 1.82) is 0 Å². The number of rotatable bonds is 1. The Kier molecular flexibility index (Phi) is 4.84. The number of fused-ring (bicyclic) bond motifs is 14. The second-order valence-electron chi connectivity index (χ2n) is 13.6. The molecular formula is C43H26BNS2. The van der Waals surface area contributed by atoms with Crippen molar-refractivity contribution in [2.45, 2.75) is 27.5 Å². The number of benzene rings is 7. The molecule has 0 amide bonds. The lowest BCUT2D eigenvalue weighted by Gasteiger charge is -2.26. The number of para-hydroxylation sites is 2. The second kappa shape index (κ2) is 8.98. The molecule has 2 aliphatic carbocycles. The molecule has 1 nitrogen and oxygen atoms in total. The number of hydrogen-bond acceptors (Lipinski definition) is 3. The number of hydrogen-bond donors (Lipinski definition) is 1. The minimum Gasteiger partial charge on any atom is -0.353 e. The van der Waals surface area contributed by atoms with Crippen molar-refractivity contribution in [2.75, 3.05) is 5.32 Å². The van der Waals surface area contributed by atoms with Crippen molar-refractivity contribution < 1.29 is 0 Å². The molecule has 4 aliphatic rings. The minimum absolute atomic E-state index is 0.470. The van der Waals surface area contributed by atoms with E-state index < -0.39 is 0 Å². The van der Waals surface area contributed by atoms with E-state index in [2.05, 4.69) is 133 Å². The molecule has 47 heavy (non-hydrogen) atoms. The fraction of sp³-hybridized carbons (Fsp3) is 0.0698. The predicted octanol–water partition coefficient (Wildman–Crippen LogP) is 10.4. The third-order valence-electron chi connectivity index (χ3n) is 11.3. The van der Waals surface area contributed by atoms with Crippen molar-refractivity contribution in [3.8, 4) is 22.3 Å². The molecule has 1 aromatic heterocycles. The number of thiophene rings is 1. The van der Waals surface area contributed by atoms with Crippen LogP contribution in [-0.4, -0.2) is 7.28 Å². The van der Waals surface area contributed by atoms with Crippen molar-refractivity contribution in [1.82, 2.24) is 0 Å². The van der Waals surface area contributed by atoms with Gasteiger partial charge in [0, 0.05) is 35.5 Å². The van der Waals surface area contributed by atoms with Crippen LogP contribution in [-0.2, 0) is 0 Å². The molecule has 4 heteroatoms. The zero-order valence-corrected chi connectivity index (χ0v) is 27.0. The summed E-state index contributed by atoms with van der Waals surface area (Å²) in [4.78, 5) is 2.58. The zero-order chi connectivity index (χ0) is 30.4. The summed E-state index contributed by atoms with van der Waals surface area (Å²) < 4.78 is 2.80. The van der Waals surface area contributed by atoms with E-state index >= 15 is 0 Å². The highest BCUT2D eigenvalue weighted by atomic mass is 32.2. The summed E-state index contributed by atoms with van der Waals surface area (Å²) in [5, 5.41) is 9.54. The summed E-state index contributed by atoms with van der Waals surface area (Å²) >= 11 is 3.85. The molecule has 1 saturated carbocycles. The monoisotopic (exact) mass is 631 g/mol. The fourth-order valence-electron chi connectivity index (χ4n) is 9.49. The molecule has 3 atom stereocenters. The first-order valence-electron chi connectivity index (χ1n) is 16.6. The molecule has 1 fully saturated rings. The van der Waals surface area contributed by atoms with E-state index in [1.807, 2.05) is 23.1 Å². The molecule has 12 rings (SSSR count). The van der Waals surface area contributed by atoms with Gasteiger partial charge < -0.3 is 5.32 Å². The fourth-order valence-corrected chi connectivity index (χ4v) is 11.7. The van der Waals surface area contributed by atoms with Crippen LogP contribution in [0.3, 0.4) is 0 Å². The molecule has 3 heterocycles. The van der Waals surface area contributed by atoms with Crippen LogP contribution >= 0.6 is 23.1 Å². The zero-order valence-electron chi connectivity index (χ0n) is 25.4.